The number of benzene rings is 2. The number of carbonyl (C=O) groups excluding carboxylic acids is 2. The molecule has 0 aliphatic carbocycles. The Bertz CT molecular complexity index is 1220. The molecule has 2 aromatic carbocycles. The van der Waals surface area contributed by atoms with Gasteiger partial charge >= 0.3 is 5.97 Å². The van der Waals surface area contributed by atoms with E-state index in [1.54, 1.807) is 12.1 Å². The molecule has 0 bridgehead atoms. The maximum Gasteiger partial charge on any atom is 0.338 e. The van der Waals surface area contributed by atoms with Crippen molar-refractivity contribution in [2.24, 2.45) is 0 Å². The van der Waals surface area contributed by atoms with Crippen molar-refractivity contribution in [3.05, 3.63) is 88.4 Å². The summed E-state index contributed by atoms with van der Waals surface area (Å²) in [5.74, 6) is -1.20. The van der Waals surface area contributed by atoms with Gasteiger partial charge in [0.2, 0.25) is 10.0 Å². The molecule has 3 aromatic rings. The third kappa shape index (κ3) is 5.77. The number of nitro groups is 1. The molecular weight excluding hydrogens is 442 g/mol. The van der Waals surface area contributed by atoms with Crippen molar-refractivity contribution in [1.29, 1.82) is 0 Å². The number of nitrogens with zero attached hydrogens (tertiary/aromatic N) is 1. The number of ether oxygens (including phenoxy) is 1. The number of carbonyl (C=O) groups is 2. The molecule has 0 saturated heterocycles. The monoisotopic (exact) mass is 459 g/mol. The summed E-state index contributed by atoms with van der Waals surface area (Å²) < 4.78 is 36.9. The first-order valence-electron chi connectivity index (χ1n) is 9.09. The van der Waals surface area contributed by atoms with Crippen molar-refractivity contribution < 1.29 is 32.1 Å². The van der Waals surface area contributed by atoms with Crippen molar-refractivity contribution in [3.63, 3.8) is 0 Å². The SMILES string of the molecule is O=C(COC(=O)c1ccc(S(=O)(=O)NCc2ccco2)cc1)Nc1ccccc1[N+](=O)[O-]. The molecule has 166 valence electrons. The van der Waals surface area contributed by atoms with Gasteiger partial charge in [-0.1, -0.05) is 12.1 Å². The van der Waals surface area contributed by atoms with Crippen molar-refractivity contribution in [3.8, 4) is 0 Å². The van der Waals surface area contributed by atoms with E-state index in [-0.39, 0.29) is 28.4 Å². The van der Waals surface area contributed by atoms with Crippen LogP contribution in [0, 0.1) is 10.1 Å². The molecule has 1 aromatic heterocycles. The number of amides is 1. The van der Waals surface area contributed by atoms with Gasteiger partial charge in [-0.25, -0.2) is 17.9 Å². The Kier molecular flexibility index (Phi) is 6.97. The predicted octanol–water partition coefficient (Wildman–Crippen LogP) is 2.46. The van der Waals surface area contributed by atoms with E-state index in [1.165, 1.54) is 54.8 Å². The topological polar surface area (TPSA) is 158 Å². The van der Waals surface area contributed by atoms with Crippen LogP contribution in [0.3, 0.4) is 0 Å². The molecule has 0 unspecified atom stereocenters. The van der Waals surface area contributed by atoms with E-state index in [9.17, 15) is 28.1 Å². The molecule has 11 nitrogen and oxygen atoms in total. The van der Waals surface area contributed by atoms with Crippen molar-refractivity contribution in [2.45, 2.75) is 11.4 Å². The minimum atomic E-state index is -3.83. The smallest absolute Gasteiger partial charge is 0.338 e. The molecule has 32 heavy (non-hydrogen) atoms. The van der Waals surface area contributed by atoms with E-state index in [4.69, 9.17) is 9.15 Å². The van der Waals surface area contributed by atoms with Gasteiger partial charge in [-0.2, -0.15) is 0 Å². The quantitative estimate of drug-likeness (QED) is 0.280. The Balaban J connectivity index is 1.55. The van der Waals surface area contributed by atoms with E-state index in [2.05, 4.69) is 10.0 Å². The second-order valence-electron chi connectivity index (χ2n) is 6.33. The summed E-state index contributed by atoms with van der Waals surface area (Å²) in [4.78, 5) is 34.3. The molecular formula is C20H17N3O8S. The lowest BCUT2D eigenvalue weighted by Gasteiger charge is -2.08. The lowest BCUT2D eigenvalue weighted by molar-refractivity contribution is -0.383. The number of esters is 1. The maximum atomic E-state index is 12.3. The third-order valence-corrected chi connectivity index (χ3v) is 5.54. The van der Waals surface area contributed by atoms with Gasteiger partial charge in [-0.15, -0.1) is 0 Å². The second kappa shape index (κ2) is 9.85. The molecule has 3 rings (SSSR count). The minimum absolute atomic E-state index is 0.0217. The van der Waals surface area contributed by atoms with Gasteiger partial charge in [0.15, 0.2) is 6.61 Å². The van der Waals surface area contributed by atoms with Gasteiger partial charge in [-0.05, 0) is 42.5 Å². The zero-order valence-corrected chi connectivity index (χ0v) is 17.2. The van der Waals surface area contributed by atoms with Crippen LogP contribution < -0.4 is 10.0 Å². The highest BCUT2D eigenvalue weighted by Gasteiger charge is 2.18. The summed E-state index contributed by atoms with van der Waals surface area (Å²) >= 11 is 0. The number of para-hydroxylation sites is 2. The minimum Gasteiger partial charge on any atom is -0.468 e. The number of anilines is 1. The predicted molar refractivity (Wildman–Crippen MR) is 111 cm³/mol. The molecule has 0 aliphatic rings. The first-order chi connectivity index (χ1) is 15.3. The number of hydrogen-bond donors (Lipinski definition) is 2. The number of nitrogens with one attached hydrogen (secondary N) is 2. The number of furan rings is 1. The molecule has 12 heteroatoms. The van der Waals surface area contributed by atoms with Crippen LogP contribution in [0.1, 0.15) is 16.1 Å². The molecule has 0 fully saturated rings. The van der Waals surface area contributed by atoms with Gasteiger partial charge in [-0.3, -0.25) is 14.9 Å². The van der Waals surface area contributed by atoms with E-state index < -0.39 is 33.4 Å². The fourth-order valence-electron chi connectivity index (χ4n) is 2.57. The van der Waals surface area contributed by atoms with Crippen LogP contribution in [-0.2, 0) is 26.1 Å². The standard InChI is InChI=1S/C20H17N3O8S/c24-19(22-17-5-1-2-6-18(17)23(26)27)13-31-20(25)14-7-9-16(10-8-14)32(28,29)21-12-15-4-3-11-30-15/h1-11,21H,12-13H2,(H,22,24). The third-order valence-electron chi connectivity index (χ3n) is 4.13. The highest BCUT2D eigenvalue weighted by Crippen LogP contribution is 2.23. The zero-order chi connectivity index (χ0) is 23.1. The Morgan fingerprint density at radius 1 is 1.03 bits per heavy atom. The Labute approximate surface area is 182 Å². The van der Waals surface area contributed by atoms with Crippen LogP contribution >= 0.6 is 0 Å². The summed E-state index contributed by atoms with van der Waals surface area (Å²) in [6.07, 6.45) is 1.42. The fourth-order valence-corrected chi connectivity index (χ4v) is 3.57. The van der Waals surface area contributed by atoms with E-state index >= 15 is 0 Å². The fraction of sp³-hybridized carbons (Fsp3) is 0.100. The Hall–Kier alpha value is -4.03. The van der Waals surface area contributed by atoms with Crippen molar-refractivity contribution in [2.75, 3.05) is 11.9 Å². The largest absolute Gasteiger partial charge is 0.468 e. The Morgan fingerprint density at radius 3 is 2.41 bits per heavy atom. The normalized spacial score (nSPS) is 11.0. The van der Waals surface area contributed by atoms with Gasteiger partial charge in [0, 0.05) is 6.07 Å². The van der Waals surface area contributed by atoms with Crippen LogP contribution in [0.15, 0.2) is 76.2 Å². The van der Waals surface area contributed by atoms with Crippen LogP contribution in [0.5, 0.6) is 0 Å². The highest BCUT2D eigenvalue weighted by atomic mass is 32.2. The van der Waals surface area contributed by atoms with Crippen LogP contribution in [0.4, 0.5) is 11.4 Å². The second-order valence-corrected chi connectivity index (χ2v) is 8.09. The number of rotatable bonds is 9. The molecule has 0 saturated carbocycles. The van der Waals surface area contributed by atoms with Gasteiger partial charge in [0.05, 0.1) is 28.2 Å². The number of hydrogen-bond acceptors (Lipinski definition) is 8. The molecule has 1 heterocycles. The molecule has 0 aliphatic heterocycles. The lowest BCUT2D eigenvalue weighted by Crippen LogP contribution is -2.23. The molecule has 2 N–H and O–H groups in total. The zero-order valence-electron chi connectivity index (χ0n) is 16.4. The van der Waals surface area contributed by atoms with E-state index in [0.717, 1.165) is 0 Å². The summed E-state index contributed by atoms with van der Waals surface area (Å²) in [5, 5.41) is 13.3. The first kappa shape index (κ1) is 22.7. The maximum absolute atomic E-state index is 12.3. The van der Waals surface area contributed by atoms with Gasteiger partial charge < -0.3 is 14.5 Å². The average molecular weight is 459 g/mol. The number of sulfonamides is 1. The van der Waals surface area contributed by atoms with Crippen molar-refractivity contribution >= 4 is 33.3 Å². The molecule has 0 spiro atoms. The molecule has 1 amide bonds. The summed E-state index contributed by atoms with van der Waals surface area (Å²) in [6, 6.07) is 13.7. The summed E-state index contributed by atoms with van der Waals surface area (Å²) in [7, 11) is -3.83. The Morgan fingerprint density at radius 2 is 1.75 bits per heavy atom. The van der Waals surface area contributed by atoms with Crippen LogP contribution in [0.2, 0.25) is 0 Å². The van der Waals surface area contributed by atoms with E-state index in [0.29, 0.717) is 5.76 Å². The molecule has 0 radical (unpaired) electrons. The molecule has 0 atom stereocenters. The van der Waals surface area contributed by atoms with Crippen LogP contribution in [-0.4, -0.2) is 31.8 Å². The van der Waals surface area contributed by atoms with E-state index in [1.807, 2.05) is 0 Å². The average Bonchev–Trinajstić information content (AvgIpc) is 3.30. The van der Waals surface area contributed by atoms with Gasteiger partial charge in [0.25, 0.3) is 11.6 Å². The summed E-state index contributed by atoms with van der Waals surface area (Å²) in [5.41, 5.74) is -0.312. The summed E-state index contributed by atoms with van der Waals surface area (Å²) in [6.45, 7) is -0.719. The first-order valence-corrected chi connectivity index (χ1v) is 10.6. The lowest BCUT2D eigenvalue weighted by atomic mass is 10.2. The highest BCUT2D eigenvalue weighted by molar-refractivity contribution is 7.89. The van der Waals surface area contributed by atoms with Crippen LogP contribution in [0.25, 0.3) is 0 Å². The van der Waals surface area contributed by atoms with Gasteiger partial charge in [0.1, 0.15) is 11.4 Å². The van der Waals surface area contributed by atoms with Crippen molar-refractivity contribution in [1.82, 2.24) is 4.72 Å². The number of nitro benzene ring substituents is 1.